The first kappa shape index (κ1) is 14.1. The van der Waals surface area contributed by atoms with Crippen molar-refractivity contribution in [2.75, 3.05) is 5.73 Å². The highest BCUT2D eigenvalue weighted by Crippen LogP contribution is 2.22. The second-order valence-corrected chi connectivity index (χ2v) is 5.34. The van der Waals surface area contributed by atoms with Crippen molar-refractivity contribution in [1.82, 2.24) is 0 Å². The van der Waals surface area contributed by atoms with Crippen molar-refractivity contribution in [1.29, 1.82) is 0 Å². The summed E-state index contributed by atoms with van der Waals surface area (Å²) in [5.41, 5.74) is 9.23. The predicted molar refractivity (Wildman–Crippen MR) is 77.4 cm³/mol. The highest BCUT2D eigenvalue weighted by molar-refractivity contribution is 5.50. The fraction of sp³-hybridized carbons (Fsp3) is 0.625. The van der Waals surface area contributed by atoms with Crippen LogP contribution in [0.2, 0.25) is 0 Å². The molecular weight excluding hydrogens is 206 g/mol. The highest BCUT2D eigenvalue weighted by atomic mass is 14.6. The first-order chi connectivity index (χ1) is 8.13. The molecule has 2 N–H and O–H groups in total. The van der Waals surface area contributed by atoms with Crippen molar-refractivity contribution in [2.45, 2.75) is 65.2 Å². The van der Waals surface area contributed by atoms with Gasteiger partial charge in [0.1, 0.15) is 0 Å². The van der Waals surface area contributed by atoms with Gasteiger partial charge in [-0.1, -0.05) is 64.5 Å². The molecular formula is C16H27N. The predicted octanol–water partition coefficient (Wildman–Crippen LogP) is 5.04. The van der Waals surface area contributed by atoms with Gasteiger partial charge in [-0.05, 0) is 30.0 Å². The van der Waals surface area contributed by atoms with Crippen LogP contribution in [0.4, 0.5) is 5.69 Å². The maximum Gasteiger partial charge on any atom is 0.0346 e. The van der Waals surface area contributed by atoms with Crippen LogP contribution >= 0.6 is 0 Å². The molecule has 0 amide bonds. The van der Waals surface area contributed by atoms with Crippen LogP contribution in [0.5, 0.6) is 0 Å². The molecule has 0 heterocycles. The number of nitrogen functional groups attached to an aromatic ring is 1. The molecule has 0 spiro atoms. The van der Waals surface area contributed by atoms with Crippen LogP contribution in [-0.4, -0.2) is 0 Å². The molecule has 1 fully saturated rings. The van der Waals surface area contributed by atoms with Crippen molar-refractivity contribution < 1.29 is 0 Å². The van der Waals surface area contributed by atoms with E-state index in [0.717, 1.165) is 5.69 Å². The molecule has 0 bridgehead atoms. The van der Waals surface area contributed by atoms with Gasteiger partial charge < -0.3 is 5.73 Å². The summed E-state index contributed by atoms with van der Waals surface area (Å²) < 4.78 is 0. The van der Waals surface area contributed by atoms with Crippen LogP contribution in [0.3, 0.4) is 0 Å². The normalized spacial score (nSPS) is 15.3. The Morgan fingerprint density at radius 3 is 1.76 bits per heavy atom. The van der Waals surface area contributed by atoms with E-state index < -0.39 is 0 Å². The average molecular weight is 233 g/mol. The van der Waals surface area contributed by atoms with Crippen molar-refractivity contribution in [3.63, 3.8) is 0 Å². The third-order valence-corrected chi connectivity index (χ3v) is 3.54. The van der Waals surface area contributed by atoms with Crippen LogP contribution in [0, 0.1) is 6.92 Å². The second kappa shape index (κ2) is 7.37. The lowest BCUT2D eigenvalue weighted by atomic mass is 9.97. The second-order valence-electron chi connectivity index (χ2n) is 5.34. The standard InChI is InChI=1S/C10H15N.C6H12/c1-7(2)9-5-4-6-10(11)8(9)3;1-2-4-6-5-3-1/h4-7H,11H2,1-3H3;1-6H2. The number of nitrogens with two attached hydrogens (primary N) is 1. The molecule has 1 nitrogen and oxygen atoms in total. The molecule has 0 aliphatic heterocycles. The smallest absolute Gasteiger partial charge is 0.0346 e. The molecule has 1 aliphatic carbocycles. The maximum absolute atomic E-state index is 5.76. The van der Waals surface area contributed by atoms with Gasteiger partial charge in [0, 0.05) is 5.69 Å². The number of rotatable bonds is 1. The third-order valence-electron chi connectivity index (χ3n) is 3.54. The fourth-order valence-corrected chi connectivity index (χ4v) is 2.36. The molecule has 2 rings (SSSR count). The van der Waals surface area contributed by atoms with Gasteiger partial charge in [0.2, 0.25) is 0 Å². The highest BCUT2D eigenvalue weighted by Gasteiger charge is 2.03. The topological polar surface area (TPSA) is 26.0 Å². The van der Waals surface area contributed by atoms with E-state index in [4.69, 9.17) is 5.73 Å². The number of hydrogen-bond acceptors (Lipinski definition) is 1. The molecule has 17 heavy (non-hydrogen) atoms. The summed E-state index contributed by atoms with van der Waals surface area (Å²) in [4.78, 5) is 0. The first-order valence-electron chi connectivity index (χ1n) is 6.98. The van der Waals surface area contributed by atoms with Crippen LogP contribution in [0.15, 0.2) is 18.2 Å². The Morgan fingerprint density at radius 2 is 1.41 bits per heavy atom. The summed E-state index contributed by atoms with van der Waals surface area (Å²) in [6.45, 7) is 6.44. The molecule has 0 unspecified atom stereocenters. The van der Waals surface area contributed by atoms with E-state index in [1.807, 2.05) is 12.1 Å². The van der Waals surface area contributed by atoms with Gasteiger partial charge in [0.05, 0.1) is 0 Å². The van der Waals surface area contributed by atoms with Crippen molar-refractivity contribution in [2.24, 2.45) is 0 Å². The molecule has 1 aromatic rings. The summed E-state index contributed by atoms with van der Waals surface area (Å²) in [6.07, 6.45) is 9.00. The molecule has 0 saturated heterocycles. The van der Waals surface area contributed by atoms with Crippen LogP contribution in [0.1, 0.15) is 69.4 Å². The number of benzene rings is 1. The quantitative estimate of drug-likeness (QED) is 0.675. The molecule has 96 valence electrons. The minimum atomic E-state index is 0.568. The Balaban J connectivity index is 0.000000202. The SMILES string of the molecule is C1CCCCC1.Cc1c(N)cccc1C(C)C. The summed E-state index contributed by atoms with van der Waals surface area (Å²) in [5, 5.41) is 0. The minimum Gasteiger partial charge on any atom is -0.399 e. The van der Waals surface area contributed by atoms with E-state index in [1.165, 1.54) is 49.7 Å². The van der Waals surface area contributed by atoms with Crippen LogP contribution in [-0.2, 0) is 0 Å². The molecule has 1 heteroatoms. The van der Waals surface area contributed by atoms with Crippen molar-refractivity contribution in [3.05, 3.63) is 29.3 Å². The molecule has 0 radical (unpaired) electrons. The summed E-state index contributed by atoms with van der Waals surface area (Å²) in [5.74, 6) is 0.568. The average Bonchev–Trinajstić information content (AvgIpc) is 2.35. The van der Waals surface area contributed by atoms with Crippen LogP contribution in [0.25, 0.3) is 0 Å². The van der Waals surface area contributed by atoms with E-state index in [1.54, 1.807) is 0 Å². The zero-order valence-electron chi connectivity index (χ0n) is 11.6. The molecule has 1 saturated carbocycles. The zero-order valence-corrected chi connectivity index (χ0v) is 11.6. The van der Waals surface area contributed by atoms with Crippen molar-refractivity contribution >= 4 is 5.69 Å². The Bertz CT molecular complexity index is 313. The Kier molecular flexibility index (Phi) is 6.10. The van der Waals surface area contributed by atoms with Gasteiger partial charge in [-0.2, -0.15) is 0 Å². The lowest BCUT2D eigenvalue weighted by molar-refractivity contribution is 0.504. The Hall–Kier alpha value is -0.980. The van der Waals surface area contributed by atoms with Gasteiger partial charge in [-0.15, -0.1) is 0 Å². The van der Waals surface area contributed by atoms with E-state index in [-0.39, 0.29) is 0 Å². The Morgan fingerprint density at radius 1 is 0.941 bits per heavy atom. The van der Waals surface area contributed by atoms with E-state index >= 15 is 0 Å². The Labute approximate surface area is 106 Å². The zero-order chi connectivity index (χ0) is 12.7. The molecule has 0 aromatic heterocycles. The van der Waals surface area contributed by atoms with Crippen molar-refractivity contribution in [3.8, 4) is 0 Å². The van der Waals surface area contributed by atoms with Gasteiger partial charge in [0.15, 0.2) is 0 Å². The van der Waals surface area contributed by atoms with Crippen LogP contribution < -0.4 is 5.73 Å². The first-order valence-corrected chi connectivity index (χ1v) is 6.98. The number of anilines is 1. The monoisotopic (exact) mass is 233 g/mol. The fourth-order valence-electron chi connectivity index (χ4n) is 2.36. The summed E-state index contributed by atoms with van der Waals surface area (Å²) in [6, 6.07) is 6.09. The lowest BCUT2D eigenvalue weighted by Crippen LogP contribution is -1.96. The third kappa shape index (κ3) is 4.80. The lowest BCUT2D eigenvalue weighted by Gasteiger charge is -2.10. The van der Waals surface area contributed by atoms with Gasteiger partial charge in [0.25, 0.3) is 0 Å². The summed E-state index contributed by atoms with van der Waals surface area (Å²) in [7, 11) is 0. The number of hydrogen-bond donors (Lipinski definition) is 1. The van der Waals surface area contributed by atoms with Gasteiger partial charge in [-0.25, -0.2) is 0 Å². The minimum absolute atomic E-state index is 0.568. The summed E-state index contributed by atoms with van der Waals surface area (Å²) >= 11 is 0. The van der Waals surface area contributed by atoms with E-state index in [2.05, 4.69) is 26.8 Å². The van der Waals surface area contributed by atoms with Gasteiger partial charge >= 0.3 is 0 Å². The maximum atomic E-state index is 5.76. The van der Waals surface area contributed by atoms with E-state index in [9.17, 15) is 0 Å². The molecule has 1 aliphatic rings. The largest absolute Gasteiger partial charge is 0.399 e. The van der Waals surface area contributed by atoms with E-state index in [0.29, 0.717) is 5.92 Å². The van der Waals surface area contributed by atoms with Gasteiger partial charge in [-0.3, -0.25) is 0 Å². The molecule has 1 aromatic carbocycles. The molecule has 0 atom stereocenters.